The topological polar surface area (TPSA) is 105 Å². The summed E-state index contributed by atoms with van der Waals surface area (Å²) in [6.07, 6.45) is -0.796. The van der Waals surface area contributed by atoms with Crippen molar-refractivity contribution in [3.8, 4) is 11.1 Å². The van der Waals surface area contributed by atoms with E-state index in [1.807, 2.05) is 36.4 Å². The van der Waals surface area contributed by atoms with Crippen LogP contribution in [0.25, 0.3) is 11.1 Å². The van der Waals surface area contributed by atoms with Gasteiger partial charge in [0.05, 0.1) is 6.42 Å². The second-order valence-corrected chi connectivity index (χ2v) is 8.25. The second-order valence-electron chi connectivity index (χ2n) is 8.25. The Morgan fingerprint density at radius 1 is 0.882 bits per heavy atom. The first-order chi connectivity index (χ1) is 16.4. The number of nitrogens with one attached hydrogen (secondary N) is 2. The lowest BCUT2D eigenvalue weighted by molar-refractivity contribution is -0.136. The maximum atomic E-state index is 12.5. The van der Waals surface area contributed by atoms with Crippen molar-refractivity contribution in [2.75, 3.05) is 6.61 Å². The highest BCUT2D eigenvalue weighted by molar-refractivity contribution is 5.85. The molecule has 0 saturated heterocycles. The van der Waals surface area contributed by atoms with Crippen molar-refractivity contribution >= 4 is 18.0 Å². The van der Waals surface area contributed by atoms with Crippen LogP contribution in [0.4, 0.5) is 4.79 Å². The van der Waals surface area contributed by atoms with Crippen molar-refractivity contribution in [1.29, 1.82) is 0 Å². The number of aliphatic carboxylic acids is 1. The smallest absolute Gasteiger partial charge is 0.407 e. The first kappa shape index (κ1) is 23.0. The molecule has 1 atom stereocenters. The van der Waals surface area contributed by atoms with E-state index in [0.29, 0.717) is 11.1 Å². The molecule has 0 saturated carbocycles. The summed E-state index contributed by atoms with van der Waals surface area (Å²) in [5.74, 6) is -1.39. The molecule has 0 aliphatic heterocycles. The standard InChI is InChI=1S/C27H26N2O5/c1-17(26(32)28-15-19-9-3-2-8-18(19)14-25(30)31)29-27(33)34-16-24-22-12-6-4-10-20(22)21-11-5-7-13-23(21)24/h2-13,17,24H,14-16H2,1H3,(H,28,32)(H,29,33)(H,30,31). The third-order valence-electron chi connectivity index (χ3n) is 5.98. The molecule has 3 N–H and O–H groups in total. The van der Waals surface area contributed by atoms with Crippen LogP contribution in [-0.2, 0) is 27.3 Å². The van der Waals surface area contributed by atoms with Crippen LogP contribution in [-0.4, -0.2) is 35.7 Å². The molecule has 1 aliphatic rings. The monoisotopic (exact) mass is 458 g/mol. The molecule has 0 bridgehead atoms. The van der Waals surface area contributed by atoms with E-state index in [4.69, 9.17) is 9.84 Å². The summed E-state index contributed by atoms with van der Waals surface area (Å²) < 4.78 is 5.49. The van der Waals surface area contributed by atoms with Gasteiger partial charge in [-0.05, 0) is 40.3 Å². The highest BCUT2D eigenvalue weighted by atomic mass is 16.5. The highest BCUT2D eigenvalue weighted by Crippen LogP contribution is 2.44. The van der Waals surface area contributed by atoms with Crippen LogP contribution < -0.4 is 10.6 Å². The molecule has 174 valence electrons. The molecular formula is C27H26N2O5. The molecule has 34 heavy (non-hydrogen) atoms. The summed E-state index contributed by atoms with van der Waals surface area (Å²) in [4.78, 5) is 35.9. The SMILES string of the molecule is CC(NC(=O)OCC1c2ccccc2-c2ccccc21)C(=O)NCc1ccccc1CC(=O)O. The van der Waals surface area contributed by atoms with Crippen LogP contribution in [0.2, 0.25) is 0 Å². The van der Waals surface area contributed by atoms with E-state index >= 15 is 0 Å². The number of rotatable bonds is 8. The first-order valence-corrected chi connectivity index (χ1v) is 11.1. The van der Waals surface area contributed by atoms with Crippen LogP contribution in [0.1, 0.15) is 35.1 Å². The normalized spacial score (nSPS) is 12.9. The minimum absolute atomic E-state index is 0.0620. The van der Waals surface area contributed by atoms with Crippen molar-refractivity contribution in [2.24, 2.45) is 0 Å². The molecule has 0 heterocycles. The Hall–Kier alpha value is -4.13. The van der Waals surface area contributed by atoms with E-state index in [0.717, 1.165) is 22.3 Å². The molecule has 7 heteroatoms. The summed E-state index contributed by atoms with van der Waals surface area (Å²) in [6, 6.07) is 22.3. The zero-order valence-electron chi connectivity index (χ0n) is 18.8. The van der Waals surface area contributed by atoms with E-state index in [1.54, 1.807) is 31.2 Å². The molecule has 3 aromatic rings. The molecule has 0 aromatic heterocycles. The molecule has 0 fully saturated rings. The molecule has 0 radical (unpaired) electrons. The Morgan fingerprint density at radius 3 is 2.06 bits per heavy atom. The van der Waals surface area contributed by atoms with Gasteiger partial charge in [-0.1, -0.05) is 72.8 Å². The lowest BCUT2D eigenvalue weighted by atomic mass is 9.98. The average Bonchev–Trinajstić information content (AvgIpc) is 3.15. The number of fused-ring (bicyclic) bond motifs is 3. The lowest BCUT2D eigenvalue weighted by Gasteiger charge is -2.17. The Kier molecular flexibility index (Phi) is 6.92. The maximum absolute atomic E-state index is 12.5. The number of hydrogen-bond donors (Lipinski definition) is 3. The molecular weight excluding hydrogens is 432 g/mol. The van der Waals surface area contributed by atoms with E-state index in [-0.39, 0.29) is 25.5 Å². The predicted octanol–water partition coefficient (Wildman–Crippen LogP) is 3.86. The lowest BCUT2D eigenvalue weighted by Crippen LogP contribution is -2.45. The van der Waals surface area contributed by atoms with Gasteiger partial charge in [0.25, 0.3) is 0 Å². The molecule has 1 aliphatic carbocycles. The molecule has 4 rings (SSSR count). The minimum atomic E-state index is -0.941. The van der Waals surface area contributed by atoms with Gasteiger partial charge in [0.15, 0.2) is 0 Å². The summed E-state index contributed by atoms with van der Waals surface area (Å²) in [6.45, 7) is 1.90. The van der Waals surface area contributed by atoms with E-state index in [2.05, 4.69) is 22.8 Å². The van der Waals surface area contributed by atoms with Crippen LogP contribution >= 0.6 is 0 Å². The zero-order valence-corrected chi connectivity index (χ0v) is 18.8. The van der Waals surface area contributed by atoms with Crippen LogP contribution in [0.15, 0.2) is 72.8 Å². The number of carboxylic acids is 1. The quantitative estimate of drug-likeness (QED) is 0.476. The second kappa shape index (κ2) is 10.2. The van der Waals surface area contributed by atoms with Gasteiger partial charge in [-0.2, -0.15) is 0 Å². The van der Waals surface area contributed by atoms with Crippen LogP contribution in [0, 0.1) is 0 Å². The molecule has 7 nitrogen and oxygen atoms in total. The number of alkyl carbamates (subject to hydrolysis) is 1. The van der Waals surface area contributed by atoms with Gasteiger partial charge in [0, 0.05) is 12.5 Å². The van der Waals surface area contributed by atoms with Gasteiger partial charge >= 0.3 is 12.1 Å². The number of carbonyl (C=O) groups is 3. The van der Waals surface area contributed by atoms with Crippen molar-refractivity contribution in [1.82, 2.24) is 10.6 Å². The summed E-state index contributed by atoms with van der Waals surface area (Å²) in [7, 11) is 0. The Bertz CT molecular complexity index is 1180. The van der Waals surface area contributed by atoms with Crippen molar-refractivity contribution in [3.05, 3.63) is 95.1 Å². The van der Waals surface area contributed by atoms with Gasteiger partial charge in [-0.15, -0.1) is 0 Å². The number of hydrogen-bond acceptors (Lipinski definition) is 4. The first-order valence-electron chi connectivity index (χ1n) is 11.1. The highest BCUT2D eigenvalue weighted by Gasteiger charge is 2.29. The Morgan fingerprint density at radius 2 is 1.44 bits per heavy atom. The van der Waals surface area contributed by atoms with Gasteiger partial charge in [-0.3, -0.25) is 9.59 Å². The molecule has 0 spiro atoms. The summed E-state index contributed by atoms with van der Waals surface area (Å²) in [5, 5.41) is 14.4. The Labute approximate surface area is 197 Å². The van der Waals surface area contributed by atoms with Crippen molar-refractivity contribution < 1.29 is 24.2 Å². The van der Waals surface area contributed by atoms with Gasteiger partial charge < -0.3 is 20.5 Å². The van der Waals surface area contributed by atoms with Gasteiger partial charge in [0.1, 0.15) is 12.6 Å². The minimum Gasteiger partial charge on any atom is -0.481 e. The molecule has 1 unspecified atom stereocenters. The van der Waals surface area contributed by atoms with Gasteiger partial charge in [-0.25, -0.2) is 4.79 Å². The fraction of sp³-hybridized carbons (Fsp3) is 0.222. The Balaban J connectivity index is 1.31. The molecule has 3 aromatic carbocycles. The van der Waals surface area contributed by atoms with Crippen molar-refractivity contribution in [3.63, 3.8) is 0 Å². The number of amides is 2. The van der Waals surface area contributed by atoms with E-state index in [1.165, 1.54) is 0 Å². The number of carbonyl (C=O) groups excluding carboxylic acids is 2. The fourth-order valence-electron chi connectivity index (χ4n) is 4.28. The third kappa shape index (κ3) is 5.09. The van der Waals surface area contributed by atoms with E-state index in [9.17, 15) is 14.4 Å². The number of ether oxygens (including phenoxy) is 1. The summed E-state index contributed by atoms with van der Waals surface area (Å²) >= 11 is 0. The average molecular weight is 459 g/mol. The van der Waals surface area contributed by atoms with Crippen LogP contribution in [0.3, 0.4) is 0 Å². The van der Waals surface area contributed by atoms with Gasteiger partial charge in [0.2, 0.25) is 5.91 Å². The van der Waals surface area contributed by atoms with Crippen LogP contribution in [0.5, 0.6) is 0 Å². The van der Waals surface area contributed by atoms with Crippen molar-refractivity contribution in [2.45, 2.75) is 31.8 Å². The molecule has 2 amide bonds. The third-order valence-corrected chi connectivity index (χ3v) is 5.98. The summed E-state index contributed by atoms with van der Waals surface area (Å²) in [5.41, 5.74) is 5.86. The largest absolute Gasteiger partial charge is 0.481 e. The number of carboxylic acid groups (broad SMARTS) is 1. The zero-order chi connectivity index (χ0) is 24.1. The fourth-order valence-corrected chi connectivity index (χ4v) is 4.28. The maximum Gasteiger partial charge on any atom is 0.407 e. The number of benzene rings is 3. The van der Waals surface area contributed by atoms with E-state index < -0.39 is 24.0 Å². The predicted molar refractivity (Wildman–Crippen MR) is 127 cm³/mol.